The number of carbonyl (C=O) groups excluding carboxylic acids is 1. The SMILES string of the molecule is CSc1ccccc1C(=O)NC1(CBr)CCC1. The smallest absolute Gasteiger partial charge is 0.252 e. The van der Waals surface area contributed by atoms with Crippen LogP contribution in [0.5, 0.6) is 0 Å². The minimum Gasteiger partial charge on any atom is -0.346 e. The van der Waals surface area contributed by atoms with E-state index in [2.05, 4.69) is 21.2 Å². The molecule has 1 amide bonds. The van der Waals surface area contributed by atoms with Crippen LogP contribution in [0.3, 0.4) is 0 Å². The van der Waals surface area contributed by atoms with Crippen LogP contribution in [0.4, 0.5) is 0 Å². The molecule has 0 saturated heterocycles. The van der Waals surface area contributed by atoms with Gasteiger partial charge in [0.25, 0.3) is 5.91 Å². The van der Waals surface area contributed by atoms with E-state index in [1.807, 2.05) is 30.5 Å². The van der Waals surface area contributed by atoms with E-state index in [1.165, 1.54) is 6.42 Å². The van der Waals surface area contributed by atoms with Gasteiger partial charge in [-0.15, -0.1) is 11.8 Å². The lowest BCUT2D eigenvalue weighted by Crippen LogP contribution is -2.54. The maximum absolute atomic E-state index is 12.2. The Hall–Kier alpha value is -0.480. The van der Waals surface area contributed by atoms with Gasteiger partial charge < -0.3 is 5.32 Å². The zero-order valence-electron chi connectivity index (χ0n) is 9.83. The number of hydrogen-bond donors (Lipinski definition) is 1. The van der Waals surface area contributed by atoms with Crippen LogP contribution in [-0.2, 0) is 0 Å². The largest absolute Gasteiger partial charge is 0.346 e. The van der Waals surface area contributed by atoms with Crippen molar-refractivity contribution >= 4 is 33.6 Å². The summed E-state index contributed by atoms with van der Waals surface area (Å²) in [6.45, 7) is 0. The van der Waals surface area contributed by atoms with Gasteiger partial charge in [-0.3, -0.25) is 4.79 Å². The lowest BCUT2D eigenvalue weighted by atomic mass is 9.78. The summed E-state index contributed by atoms with van der Waals surface area (Å²) in [7, 11) is 0. The topological polar surface area (TPSA) is 29.1 Å². The molecule has 17 heavy (non-hydrogen) atoms. The third-order valence-corrected chi connectivity index (χ3v) is 5.17. The van der Waals surface area contributed by atoms with Gasteiger partial charge in [0.05, 0.1) is 11.1 Å². The van der Waals surface area contributed by atoms with Crippen LogP contribution in [0.1, 0.15) is 29.6 Å². The first-order chi connectivity index (χ1) is 8.21. The Labute approximate surface area is 115 Å². The van der Waals surface area contributed by atoms with Gasteiger partial charge in [0, 0.05) is 10.2 Å². The van der Waals surface area contributed by atoms with Crippen molar-refractivity contribution in [1.82, 2.24) is 5.32 Å². The van der Waals surface area contributed by atoms with Gasteiger partial charge in [-0.2, -0.15) is 0 Å². The fourth-order valence-electron chi connectivity index (χ4n) is 2.04. The lowest BCUT2D eigenvalue weighted by molar-refractivity contribution is 0.0853. The Bertz CT molecular complexity index is 412. The molecule has 0 aliphatic heterocycles. The quantitative estimate of drug-likeness (QED) is 0.681. The number of rotatable bonds is 4. The predicted molar refractivity (Wildman–Crippen MR) is 76.1 cm³/mol. The molecule has 0 atom stereocenters. The standard InChI is InChI=1S/C13H16BrNOS/c1-17-11-6-3-2-5-10(11)12(16)15-13(9-14)7-4-8-13/h2-3,5-6H,4,7-9H2,1H3,(H,15,16). The van der Waals surface area contributed by atoms with Crippen molar-refractivity contribution < 1.29 is 4.79 Å². The predicted octanol–water partition coefficient (Wildman–Crippen LogP) is 3.46. The molecular weight excluding hydrogens is 298 g/mol. The Morgan fingerprint density at radius 1 is 1.47 bits per heavy atom. The molecule has 1 aliphatic rings. The second kappa shape index (κ2) is 5.44. The van der Waals surface area contributed by atoms with Crippen molar-refractivity contribution in [3.63, 3.8) is 0 Å². The van der Waals surface area contributed by atoms with Crippen LogP contribution < -0.4 is 5.32 Å². The van der Waals surface area contributed by atoms with Gasteiger partial charge in [0.2, 0.25) is 0 Å². The molecule has 1 aromatic carbocycles. The molecular formula is C13H16BrNOS. The van der Waals surface area contributed by atoms with Gasteiger partial charge in [-0.25, -0.2) is 0 Å². The van der Waals surface area contributed by atoms with E-state index in [0.717, 1.165) is 28.6 Å². The highest BCUT2D eigenvalue weighted by molar-refractivity contribution is 9.09. The first kappa shape index (κ1) is 13.0. The summed E-state index contributed by atoms with van der Waals surface area (Å²) >= 11 is 5.11. The van der Waals surface area contributed by atoms with E-state index in [4.69, 9.17) is 0 Å². The van der Waals surface area contributed by atoms with Gasteiger partial charge in [-0.1, -0.05) is 28.1 Å². The number of carbonyl (C=O) groups is 1. The summed E-state index contributed by atoms with van der Waals surface area (Å²) in [6.07, 6.45) is 5.35. The summed E-state index contributed by atoms with van der Waals surface area (Å²) in [6, 6.07) is 7.76. The maximum Gasteiger partial charge on any atom is 0.252 e. The Morgan fingerprint density at radius 3 is 2.71 bits per heavy atom. The second-order valence-electron chi connectivity index (χ2n) is 4.42. The number of halogens is 1. The minimum atomic E-state index is -0.0113. The van der Waals surface area contributed by atoms with E-state index in [1.54, 1.807) is 11.8 Å². The molecule has 0 spiro atoms. The van der Waals surface area contributed by atoms with E-state index in [0.29, 0.717) is 0 Å². The van der Waals surface area contributed by atoms with Crippen LogP contribution in [0.2, 0.25) is 0 Å². The Morgan fingerprint density at radius 2 is 2.18 bits per heavy atom. The van der Waals surface area contributed by atoms with Gasteiger partial charge >= 0.3 is 0 Å². The third kappa shape index (κ3) is 2.68. The highest BCUT2D eigenvalue weighted by Gasteiger charge is 2.37. The fraction of sp³-hybridized carbons (Fsp3) is 0.462. The molecule has 2 nitrogen and oxygen atoms in total. The average Bonchev–Trinajstić information content (AvgIpc) is 2.33. The molecule has 1 aliphatic carbocycles. The zero-order chi connectivity index (χ0) is 12.3. The van der Waals surface area contributed by atoms with Gasteiger partial charge in [-0.05, 0) is 37.7 Å². The summed E-state index contributed by atoms with van der Waals surface area (Å²) < 4.78 is 0. The molecule has 0 aromatic heterocycles. The summed E-state index contributed by atoms with van der Waals surface area (Å²) in [5, 5.41) is 4.01. The van der Waals surface area contributed by atoms with Crippen molar-refractivity contribution in [2.24, 2.45) is 0 Å². The average molecular weight is 314 g/mol. The zero-order valence-corrected chi connectivity index (χ0v) is 12.2. The molecule has 1 saturated carbocycles. The van der Waals surface area contributed by atoms with Crippen LogP contribution >= 0.6 is 27.7 Å². The lowest BCUT2D eigenvalue weighted by Gasteiger charge is -2.41. The van der Waals surface area contributed by atoms with Crippen LogP contribution in [0.15, 0.2) is 29.2 Å². The molecule has 0 heterocycles. The van der Waals surface area contributed by atoms with Crippen molar-refractivity contribution in [3.05, 3.63) is 29.8 Å². The normalized spacial score (nSPS) is 17.3. The van der Waals surface area contributed by atoms with E-state index in [9.17, 15) is 4.79 Å². The molecule has 92 valence electrons. The molecule has 0 radical (unpaired) electrons. The Kier molecular flexibility index (Phi) is 4.15. The van der Waals surface area contributed by atoms with Crippen molar-refractivity contribution in [2.45, 2.75) is 29.7 Å². The van der Waals surface area contributed by atoms with Crippen molar-refractivity contribution in [1.29, 1.82) is 0 Å². The number of hydrogen-bond acceptors (Lipinski definition) is 2. The molecule has 2 rings (SSSR count). The number of nitrogens with one attached hydrogen (secondary N) is 1. The number of benzene rings is 1. The maximum atomic E-state index is 12.2. The van der Waals surface area contributed by atoms with Gasteiger partial charge in [0.15, 0.2) is 0 Å². The molecule has 1 fully saturated rings. The number of amides is 1. The second-order valence-corrected chi connectivity index (χ2v) is 5.83. The third-order valence-electron chi connectivity index (χ3n) is 3.30. The number of alkyl halides is 1. The molecule has 1 N–H and O–H groups in total. The number of thioether (sulfide) groups is 1. The van der Waals surface area contributed by atoms with Crippen LogP contribution in [0, 0.1) is 0 Å². The molecule has 1 aromatic rings. The molecule has 0 unspecified atom stereocenters. The molecule has 4 heteroatoms. The monoisotopic (exact) mass is 313 g/mol. The van der Waals surface area contributed by atoms with Gasteiger partial charge in [0.1, 0.15) is 0 Å². The van der Waals surface area contributed by atoms with Crippen LogP contribution in [0.25, 0.3) is 0 Å². The minimum absolute atomic E-state index is 0.0113. The summed E-state index contributed by atoms with van der Waals surface area (Å²) in [5.41, 5.74) is 0.773. The first-order valence-electron chi connectivity index (χ1n) is 5.72. The fourth-order valence-corrected chi connectivity index (χ4v) is 3.33. The summed E-state index contributed by atoms with van der Waals surface area (Å²) in [4.78, 5) is 13.3. The Balaban J connectivity index is 2.14. The highest BCUT2D eigenvalue weighted by Crippen LogP contribution is 2.34. The highest BCUT2D eigenvalue weighted by atomic mass is 79.9. The van der Waals surface area contributed by atoms with Crippen LogP contribution in [-0.4, -0.2) is 23.0 Å². The van der Waals surface area contributed by atoms with E-state index >= 15 is 0 Å². The van der Waals surface area contributed by atoms with E-state index in [-0.39, 0.29) is 11.4 Å². The van der Waals surface area contributed by atoms with E-state index < -0.39 is 0 Å². The van der Waals surface area contributed by atoms with Crippen molar-refractivity contribution in [2.75, 3.05) is 11.6 Å². The first-order valence-corrected chi connectivity index (χ1v) is 8.07. The van der Waals surface area contributed by atoms with Crippen molar-refractivity contribution in [3.8, 4) is 0 Å². The molecule has 0 bridgehead atoms. The summed E-state index contributed by atoms with van der Waals surface area (Å²) in [5.74, 6) is 0.0501.